The molecule has 0 bridgehead atoms. The van der Waals surface area contributed by atoms with Gasteiger partial charge in [0, 0.05) is 10.5 Å². The lowest BCUT2D eigenvalue weighted by molar-refractivity contribution is 0.214. The maximum absolute atomic E-state index is 13.8. The van der Waals surface area contributed by atoms with Crippen LogP contribution in [0.2, 0.25) is 0 Å². The van der Waals surface area contributed by atoms with Gasteiger partial charge in [0.05, 0.1) is 0 Å². The monoisotopic (exact) mass is 262 g/mol. The van der Waals surface area contributed by atoms with Gasteiger partial charge in [0.15, 0.2) is 0 Å². The van der Waals surface area contributed by atoms with E-state index in [-0.39, 0.29) is 5.82 Å². The lowest BCUT2D eigenvalue weighted by atomic mass is 10.0. The Bertz CT molecular complexity index is 513. The Morgan fingerprint density at radius 2 is 1.89 bits per heavy atom. The average molecular weight is 262 g/mol. The molecule has 0 heterocycles. The van der Waals surface area contributed by atoms with Gasteiger partial charge in [-0.15, -0.1) is 11.8 Å². The highest BCUT2D eigenvalue weighted by Gasteiger charge is 2.15. The molecule has 1 atom stereocenters. The number of benzene rings is 2. The normalized spacial score (nSPS) is 12.4. The molecular formula is C15H15FOS. The van der Waals surface area contributed by atoms with Crippen LogP contribution in [0.25, 0.3) is 0 Å². The highest BCUT2D eigenvalue weighted by molar-refractivity contribution is 7.99. The zero-order chi connectivity index (χ0) is 13.0. The molecule has 2 rings (SSSR count). The van der Waals surface area contributed by atoms with Crippen molar-refractivity contribution in [2.24, 2.45) is 0 Å². The van der Waals surface area contributed by atoms with E-state index >= 15 is 0 Å². The van der Waals surface area contributed by atoms with Gasteiger partial charge >= 0.3 is 0 Å². The molecule has 94 valence electrons. The zero-order valence-electron chi connectivity index (χ0n) is 10.1. The van der Waals surface area contributed by atoms with Crippen molar-refractivity contribution in [1.29, 1.82) is 0 Å². The summed E-state index contributed by atoms with van der Waals surface area (Å²) in [5.74, 6) is 0.554. The molecule has 0 amide bonds. The summed E-state index contributed by atoms with van der Waals surface area (Å²) in [4.78, 5) is 0.976. The number of hydrogen-bond acceptors (Lipinski definition) is 2. The minimum Gasteiger partial charge on any atom is -0.384 e. The molecule has 0 radical (unpaired) electrons. The Kier molecular flexibility index (Phi) is 4.39. The first-order valence-electron chi connectivity index (χ1n) is 5.87. The topological polar surface area (TPSA) is 20.2 Å². The summed E-state index contributed by atoms with van der Waals surface area (Å²) in [6.07, 6.45) is -0.913. The van der Waals surface area contributed by atoms with E-state index in [1.54, 1.807) is 36.0 Å². The van der Waals surface area contributed by atoms with Crippen LogP contribution in [0.4, 0.5) is 4.39 Å². The van der Waals surface area contributed by atoms with Crippen LogP contribution in [0.5, 0.6) is 0 Å². The van der Waals surface area contributed by atoms with Crippen LogP contribution in [0.1, 0.15) is 24.2 Å². The van der Waals surface area contributed by atoms with Gasteiger partial charge in [0.1, 0.15) is 11.9 Å². The van der Waals surface area contributed by atoms with E-state index in [4.69, 9.17) is 0 Å². The van der Waals surface area contributed by atoms with E-state index in [0.29, 0.717) is 11.1 Å². The maximum atomic E-state index is 13.8. The third-order valence-electron chi connectivity index (χ3n) is 2.69. The average Bonchev–Trinajstić information content (AvgIpc) is 2.41. The first-order chi connectivity index (χ1) is 8.72. The third-order valence-corrected chi connectivity index (χ3v) is 3.56. The second-order valence-corrected chi connectivity index (χ2v) is 5.27. The van der Waals surface area contributed by atoms with Crippen LogP contribution in [0.15, 0.2) is 53.4 Å². The van der Waals surface area contributed by atoms with Crippen molar-refractivity contribution in [2.75, 3.05) is 5.75 Å². The molecule has 0 spiro atoms. The number of aliphatic hydroxyl groups is 1. The highest BCUT2D eigenvalue weighted by Crippen LogP contribution is 2.28. The molecule has 2 aromatic rings. The highest BCUT2D eigenvalue weighted by atomic mass is 32.2. The molecular weight excluding hydrogens is 247 g/mol. The molecule has 0 saturated carbocycles. The molecule has 0 aromatic heterocycles. The van der Waals surface area contributed by atoms with Crippen LogP contribution in [-0.4, -0.2) is 10.9 Å². The van der Waals surface area contributed by atoms with Gasteiger partial charge in [-0.25, -0.2) is 4.39 Å². The fourth-order valence-corrected chi connectivity index (χ4v) is 2.51. The van der Waals surface area contributed by atoms with Gasteiger partial charge in [-0.05, 0) is 29.5 Å². The Labute approximate surface area is 111 Å². The molecule has 2 aromatic carbocycles. The number of aliphatic hydroxyl groups excluding tert-OH is 1. The van der Waals surface area contributed by atoms with Crippen LogP contribution in [0, 0.1) is 5.82 Å². The summed E-state index contributed by atoms with van der Waals surface area (Å²) in [5.41, 5.74) is 1.04. The van der Waals surface area contributed by atoms with Gasteiger partial charge < -0.3 is 5.11 Å². The molecule has 0 aliphatic heterocycles. The lowest BCUT2D eigenvalue weighted by Crippen LogP contribution is -2.02. The predicted octanol–water partition coefficient (Wildman–Crippen LogP) is 4.02. The Hall–Kier alpha value is -1.32. The molecule has 18 heavy (non-hydrogen) atoms. The minimum absolute atomic E-state index is 0.333. The van der Waals surface area contributed by atoms with Crippen LogP contribution in [0.3, 0.4) is 0 Å². The van der Waals surface area contributed by atoms with Crippen molar-refractivity contribution in [1.82, 2.24) is 0 Å². The Morgan fingerprint density at radius 1 is 1.17 bits per heavy atom. The van der Waals surface area contributed by atoms with Crippen molar-refractivity contribution < 1.29 is 9.50 Å². The summed E-state index contributed by atoms with van der Waals surface area (Å²) in [5, 5.41) is 10.2. The third kappa shape index (κ3) is 2.92. The van der Waals surface area contributed by atoms with E-state index in [0.717, 1.165) is 10.6 Å². The summed E-state index contributed by atoms with van der Waals surface area (Å²) < 4.78 is 13.8. The van der Waals surface area contributed by atoms with E-state index in [9.17, 15) is 9.50 Å². The van der Waals surface area contributed by atoms with E-state index in [1.807, 2.05) is 25.1 Å². The summed E-state index contributed by atoms with van der Waals surface area (Å²) >= 11 is 1.63. The van der Waals surface area contributed by atoms with Crippen LogP contribution < -0.4 is 0 Å². The second kappa shape index (κ2) is 6.03. The largest absolute Gasteiger partial charge is 0.384 e. The lowest BCUT2D eigenvalue weighted by Gasteiger charge is -2.13. The van der Waals surface area contributed by atoms with Gasteiger partial charge in [0.2, 0.25) is 0 Å². The first-order valence-corrected chi connectivity index (χ1v) is 6.86. The van der Waals surface area contributed by atoms with Crippen molar-refractivity contribution in [2.45, 2.75) is 17.9 Å². The molecule has 1 N–H and O–H groups in total. The standard InChI is InChI=1S/C15H15FOS/c1-2-18-12-8-9-14(16)13(10-12)15(17)11-6-4-3-5-7-11/h3-10,15,17H,2H2,1H3. The van der Waals surface area contributed by atoms with E-state index < -0.39 is 6.10 Å². The summed E-state index contributed by atoms with van der Waals surface area (Å²) in [6, 6.07) is 14.0. The number of thioether (sulfide) groups is 1. The fourth-order valence-electron chi connectivity index (χ4n) is 1.80. The summed E-state index contributed by atoms with van der Waals surface area (Å²) in [6.45, 7) is 2.04. The molecule has 0 fully saturated rings. The number of rotatable bonds is 4. The Balaban J connectivity index is 2.35. The van der Waals surface area contributed by atoms with Crippen molar-refractivity contribution in [3.63, 3.8) is 0 Å². The van der Waals surface area contributed by atoms with E-state index in [2.05, 4.69) is 0 Å². The molecule has 1 nitrogen and oxygen atoms in total. The smallest absolute Gasteiger partial charge is 0.129 e. The zero-order valence-corrected chi connectivity index (χ0v) is 11.0. The number of halogens is 1. The molecule has 0 aliphatic rings. The van der Waals surface area contributed by atoms with E-state index in [1.165, 1.54) is 6.07 Å². The van der Waals surface area contributed by atoms with Gasteiger partial charge in [0.25, 0.3) is 0 Å². The van der Waals surface area contributed by atoms with Gasteiger partial charge in [-0.1, -0.05) is 37.3 Å². The van der Waals surface area contributed by atoms with Crippen LogP contribution in [-0.2, 0) is 0 Å². The second-order valence-electron chi connectivity index (χ2n) is 3.93. The van der Waals surface area contributed by atoms with Crippen molar-refractivity contribution in [3.05, 3.63) is 65.5 Å². The summed E-state index contributed by atoms with van der Waals surface area (Å²) in [7, 11) is 0. The number of hydrogen-bond donors (Lipinski definition) is 1. The van der Waals surface area contributed by atoms with Gasteiger partial charge in [-0.3, -0.25) is 0 Å². The molecule has 1 unspecified atom stereocenters. The minimum atomic E-state index is -0.913. The molecule has 0 aliphatic carbocycles. The van der Waals surface area contributed by atoms with Crippen LogP contribution >= 0.6 is 11.8 Å². The molecule has 3 heteroatoms. The molecule has 0 saturated heterocycles. The fraction of sp³-hybridized carbons (Fsp3) is 0.200. The van der Waals surface area contributed by atoms with Gasteiger partial charge in [-0.2, -0.15) is 0 Å². The maximum Gasteiger partial charge on any atom is 0.129 e. The predicted molar refractivity (Wildman–Crippen MR) is 73.3 cm³/mol. The van der Waals surface area contributed by atoms with Crippen molar-refractivity contribution >= 4 is 11.8 Å². The Morgan fingerprint density at radius 3 is 2.56 bits per heavy atom. The van der Waals surface area contributed by atoms with Crippen molar-refractivity contribution in [3.8, 4) is 0 Å². The first kappa shape index (κ1) is 13.1. The quantitative estimate of drug-likeness (QED) is 0.840. The SMILES string of the molecule is CCSc1ccc(F)c(C(O)c2ccccc2)c1.